The Bertz CT molecular complexity index is 1090. The van der Waals surface area contributed by atoms with E-state index in [1.54, 1.807) is 21.3 Å². The first kappa shape index (κ1) is 23.3. The van der Waals surface area contributed by atoms with E-state index in [9.17, 15) is 0 Å². The number of alkyl halides is 1. The monoisotopic (exact) mass is 467 g/mol. The maximum Gasteiger partial charge on any atom is 0.165 e. The van der Waals surface area contributed by atoms with Crippen LogP contribution in [0.2, 0.25) is 0 Å². The third-order valence-corrected chi connectivity index (χ3v) is 6.39. The summed E-state index contributed by atoms with van der Waals surface area (Å²) in [6.45, 7) is 1.37. The largest absolute Gasteiger partial charge is 0.493 e. The molecule has 1 heterocycles. The SMILES string of the molecule is COc1cc2c(cc1OC)[C@H](Cc1ccc(OCc3ccccc3)c(OC)c1CCl)NCC2. The van der Waals surface area contributed by atoms with Gasteiger partial charge in [0, 0.05) is 11.6 Å². The van der Waals surface area contributed by atoms with Crippen LogP contribution in [-0.2, 0) is 25.3 Å². The second-order valence-corrected chi connectivity index (χ2v) is 8.28. The summed E-state index contributed by atoms with van der Waals surface area (Å²) in [5.74, 6) is 3.24. The lowest BCUT2D eigenvalue weighted by molar-refractivity contribution is 0.283. The van der Waals surface area contributed by atoms with E-state index in [4.69, 9.17) is 30.5 Å². The summed E-state index contributed by atoms with van der Waals surface area (Å²) in [6, 6.07) is 18.5. The van der Waals surface area contributed by atoms with E-state index in [0.29, 0.717) is 24.0 Å². The Morgan fingerprint density at radius 1 is 0.909 bits per heavy atom. The molecule has 0 saturated carbocycles. The molecule has 174 valence electrons. The maximum atomic E-state index is 6.42. The Hall–Kier alpha value is -2.89. The summed E-state index contributed by atoms with van der Waals surface area (Å²) in [7, 11) is 5.00. The Balaban J connectivity index is 1.61. The Kier molecular flexibility index (Phi) is 7.63. The number of benzene rings is 3. The standard InChI is InChI=1S/C27H30ClNO4/c1-30-25-14-20-11-12-29-23(21(20)15-26(25)31-2)13-19-9-10-24(27(32-3)22(19)16-28)33-17-18-7-5-4-6-8-18/h4-10,14-15,23,29H,11-13,16-17H2,1-3H3/t23-/m0/s1. The van der Waals surface area contributed by atoms with Gasteiger partial charge in [-0.25, -0.2) is 0 Å². The van der Waals surface area contributed by atoms with E-state index < -0.39 is 0 Å². The molecule has 33 heavy (non-hydrogen) atoms. The van der Waals surface area contributed by atoms with Crippen LogP contribution in [0.4, 0.5) is 0 Å². The van der Waals surface area contributed by atoms with Crippen molar-refractivity contribution in [3.05, 3.63) is 82.4 Å². The van der Waals surface area contributed by atoms with E-state index >= 15 is 0 Å². The molecule has 0 amide bonds. The molecule has 1 aliphatic heterocycles. The van der Waals surface area contributed by atoms with Crippen LogP contribution < -0.4 is 24.3 Å². The second-order valence-electron chi connectivity index (χ2n) is 8.01. The molecule has 0 radical (unpaired) electrons. The zero-order chi connectivity index (χ0) is 23.2. The molecule has 3 aromatic rings. The highest BCUT2D eigenvalue weighted by atomic mass is 35.5. The Morgan fingerprint density at radius 3 is 2.36 bits per heavy atom. The lowest BCUT2D eigenvalue weighted by atomic mass is 9.88. The highest BCUT2D eigenvalue weighted by molar-refractivity contribution is 6.17. The molecule has 0 spiro atoms. The molecule has 4 rings (SSSR count). The minimum atomic E-state index is 0.135. The number of rotatable bonds is 9. The van der Waals surface area contributed by atoms with Crippen molar-refractivity contribution in [3.8, 4) is 23.0 Å². The first-order chi connectivity index (χ1) is 16.2. The molecule has 5 nitrogen and oxygen atoms in total. The van der Waals surface area contributed by atoms with Crippen molar-refractivity contribution in [2.45, 2.75) is 31.4 Å². The summed E-state index contributed by atoms with van der Waals surface area (Å²) in [6.07, 6.45) is 1.73. The van der Waals surface area contributed by atoms with Crippen molar-refractivity contribution < 1.29 is 18.9 Å². The van der Waals surface area contributed by atoms with Crippen LogP contribution >= 0.6 is 11.6 Å². The lowest BCUT2D eigenvalue weighted by Gasteiger charge is -2.29. The van der Waals surface area contributed by atoms with Gasteiger partial charge in [0.2, 0.25) is 0 Å². The molecular weight excluding hydrogens is 438 g/mol. The van der Waals surface area contributed by atoms with E-state index in [0.717, 1.165) is 47.6 Å². The van der Waals surface area contributed by atoms with Crippen molar-refractivity contribution in [1.29, 1.82) is 0 Å². The van der Waals surface area contributed by atoms with Gasteiger partial charge in [-0.2, -0.15) is 0 Å². The summed E-state index contributed by atoms with van der Waals surface area (Å²) in [4.78, 5) is 0. The van der Waals surface area contributed by atoms with E-state index in [1.807, 2.05) is 36.4 Å². The molecule has 1 aliphatic rings. The first-order valence-electron chi connectivity index (χ1n) is 11.1. The number of hydrogen-bond acceptors (Lipinski definition) is 5. The summed E-state index contributed by atoms with van der Waals surface area (Å²) >= 11 is 6.42. The molecule has 0 saturated heterocycles. The molecule has 1 N–H and O–H groups in total. The van der Waals surface area contributed by atoms with Crippen LogP contribution in [0.5, 0.6) is 23.0 Å². The number of fused-ring (bicyclic) bond motifs is 1. The molecule has 0 fully saturated rings. The quantitative estimate of drug-likeness (QED) is 0.423. The zero-order valence-corrected chi connectivity index (χ0v) is 20.1. The smallest absolute Gasteiger partial charge is 0.165 e. The Labute approximate surface area is 200 Å². The summed E-state index contributed by atoms with van der Waals surface area (Å²) in [5, 5.41) is 3.65. The average molecular weight is 468 g/mol. The van der Waals surface area contributed by atoms with Crippen molar-refractivity contribution in [2.24, 2.45) is 0 Å². The van der Waals surface area contributed by atoms with Crippen molar-refractivity contribution in [3.63, 3.8) is 0 Å². The molecule has 0 unspecified atom stereocenters. The first-order valence-corrected chi connectivity index (χ1v) is 11.6. The second kappa shape index (κ2) is 10.8. The van der Waals surface area contributed by atoms with E-state index in [2.05, 4.69) is 23.5 Å². The highest BCUT2D eigenvalue weighted by Gasteiger charge is 2.25. The lowest BCUT2D eigenvalue weighted by Crippen LogP contribution is -2.31. The molecule has 0 bridgehead atoms. The molecule has 6 heteroatoms. The fraction of sp³-hybridized carbons (Fsp3) is 0.333. The van der Waals surface area contributed by atoms with Crippen LogP contribution in [0, 0.1) is 0 Å². The third kappa shape index (κ3) is 5.05. The van der Waals surface area contributed by atoms with Crippen molar-refractivity contribution >= 4 is 11.6 Å². The van der Waals surface area contributed by atoms with Gasteiger partial charge in [0.15, 0.2) is 23.0 Å². The fourth-order valence-electron chi connectivity index (χ4n) is 4.43. The van der Waals surface area contributed by atoms with Gasteiger partial charge in [-0.15, -0.1) is 11.6 Å². The van der Waals surface area contributed by atoms with Crippen LogP contribution in [0.25, 0.3) is 0 Å². The Morgan fingerprint density at radius 2 is 1.67 bits per heavy atom. The number of ether oxygens (including phenoxy) is 4. The highest BCUT2D eigenvalue weighted by Crippen LogP contribution is 2.39. The molecule has 0 aromatic heterocycles. The van der Waals surface area contributed by atoms with Gasteiger partial charge in [-0.1, -0.05) is 36.4 Å². The van der Waals surface area contributed by atoms with Gasteiger partial charge < -0.3 is 24.3 Å². The summed E-state index contributed by atoms with van der Waals surface area (Å²) in [5.41, 5.74) is 5.69. The number of halogens is 1. The third-order valence-electron chi connectivity index (χ3n) is 6.13. The van der Waals surface area contributed by atoms with Gasteiger partial charge in [-0.05, 0) is 59.8 Å². The van der Waals surface area contributed by atoms with Crippen molar-refractivity contribution in [2.75, 3.05) is 27.9 Å². The van der Waals surface area contributed by atoms with Crippen LogP contribution in [0.1, 0.15) is 33.9 Å². The molecule has 0 aliphatic carbocycles. The van der Waals surface area contributed by atoms with Crippen LogP contribution in [0.3, 0.4) is 0 Å². The maximum absolute atomic E-state index is 6.42. The van der Waals surface area contributed by atoms with Gasteiger partial charge in [0.1, 0.15) is 6.61 Å². The molecular formula is C27H30ClNO4. The van der Waals surface area contributed by atoms with Gasteiger partial charge in [0.25, 0.3) is 0 Å². The van der Waals surface area contributed by atoms with E-state index in [-0.39, 0.29) is 6.04 Å². The minimum Gasteiger partial charge on any atom is -0.493 e. The van der Waals surface area contributed by atoms with Gasteiger partial charge in [0.05, 0.1) is 27.2 Å². The van der Waals surface area contributed by atoms with Crippen molar-refractivity contribution in [1.82, 2.24) is 5.32 Å². The molecule has 3 aromatic carbocycles. The minimum absolute atomic E-state index is 0.135. The molecule has 1 atom stereocenters. The fourth-order valence-corrected chi connectivity index (χ4v) is 4.72. The topological polar surface area (TPSA) is 49.0 Å². The van der Waals surface area contributed by atoms with Gasteiger partial charge in [-0.3, -0.25) is 0 Å². The summed E-state index contributed by atoms with van der Waals surface area (Å²) < 4.78 is 22.9. The number of nitrogens with one attached hydrogen (secondary N) is 1. The number of hydrogen-bond donors (Lipinski definition) is 1. The van der Waals surface area contributed by atoms with Crippen LogP contribution in [-0.4, -0.2) is 27.9 Å². The average Bonchev–Trinajstić information content (AvgIpc) is 2.87. The van der Waals surface area contributed by atoms with Gasteiger partial charge >= 0.3 is 0 Å². The van der Waals surface area contributed by atoms with Crippen LogP contribution in [0.15, 0.2) is 54.6 Å². The van der Waals surface area contributed by atoms with E-state index in [1.165, 1.54) is 11.1 Å². The normalized spacial score (nSPS) is 15.0. The zero-order valence-electron chi connectivity index (χ0n) is 19.3. The number of methoxy groups -OCH3 is 3. The predicted molar refractivity (Wildman–Crippen MR) is 131 cm³/mol. The predicted octanol–water partition coefficient (Wildman–Crippen LogP) is 5.46.